The Labute approximate surface area is 134 Å². The van der Waals surface area contributed by atoms with Crippen molar-refractivity contribution in [2.45, 2.75) is 5.66 Å². The summed E-state index contributed by atoms with van der Waals surface area (Å²) in [6.07, 6.45) is 0. The third-order valence-electron chi connectivity index (χ3n) is 3.13. The molecule has 0 bridgehead atoms. The minimum Gasteiger partial charge on any atom is -0.591 e. The van der Waals surface area contributed by atoms with Gasteiger partial charge in [0.15, 0.2) is 11.5 Å². The molecule has 4 N–H and O–H groups in total. The van der Waals surface area contributed by atoms with Crippen molar-refractivity contribution in [3.8, 4) is 17.2 Å². The summed E-state index contributed by atoms with van der Waals surface area (Å²) >= 11 is 0. The summed E-state index contributed by atoms with van der Waals surface area (Å²) in [5.74, 6) is -1.61. The molecular weight excluding hydrogens is 330 g/mol. The Morgan fingerprint density at radius 2 is 1.50 bits per heavy atom. The molecule has 0 heterocycles. The van der Waals surface area contributed by atoms with Gasteiger partial charge < -0.3 is 40.8 Å². The number of methoxy groups -OCH3 is 3. The normalized spacial score (nSPS) is 12.6. The van der Waals surface area contributed by atoms with E-state index in [1.54, 1.807) is 0 Å². The summed E-state index contributed by atoms with van der Waals surface area (Å²) < 4.78 is 15.1. The fourth-order valence-electron chi connectivity index (χ4n) is 2.04. The van der Waals surface area contributed by atoms with Crippen LogP contribution in [-0.4, -0.2) is 47.4 Å². The zero-order valence-electron chi connectivity index (χ0n) is 12.9. The number of benzene rings is 1. The molecule has 0 unspecified atom stereocenters. The van der Waals surface area contributed by atoms with Gasteiger partial charge in [-0.05, 0) is 0 Å². The van der Waals surface area contributed by atoms with Gasteiger partial charge in [0, 0.05) is 21.9 Å². The first kappa shape index (κ1) is 18.5. The van der Waals surface area contributed by atoms with E-state index < -0.39 is 26.9 Å². The lowest BCUT2D eigenvalue weighted by molar-refractivity contribution is -0.839. The zero-order chi connectivity index (χ0) is 18.5. The van der Waals surface area contributed by atoms with Crippen LogP contribution >= 0.6 is 0 Å². The predicted octanol–water partition coefficient (Wildman–Crippen LogP) is 0.0539. The number of nitrogens with two attached hydrogens (primary N) is 1. The van der Waals surface area contributed by atoms with E-state index in [0.717, 1.165) is 12.1 Å². The molecule has 0 saturated carbocycles. The first-order valence-corrected chi connectivity index (χ1v) is 6.10. The third kappa shape index (κ3) is 2.62. The van der Waals surface area contributed by atoms with Crippen molar-refractivity contribution >= 4 is 5.91 Å². The van der Waals surface area contributed by atoms with Crippen LogP contribution in [0.1, 0.15) is 5.56 Å². The summed E-state index contributed by atoms with van der Waals surface area (Å²) in [7, 11) is 3.78. The Morgan fingerprint density at radius 3 is 1.75 bits per heavy atom. The molecule has 0 aromatic heterocycles. The molecule has 13 heteroatoms. The third-order valence-corrected chi connectivity index (χ3v) is 3.13. The molecule has 0 fully saturated rings. The number of hydrogen-bond donors (Lipinski definition) is 3. The van der Waals surface area contributed by atoms with Gasteiger partial charge in [-0.2, -0.15) is 0 Å². The maximum absolute atomic E-state index is 11.9. The van der Waals surface area contributed by atoms with E-state index in [9.17, 15) is 15.2 Å². The van der Waals surface area contributed by atoms with Crippen LogP contribution in [0, 0.1) is 10.4 Å². The molecule has 0 atom stereocenters. The quantitative estimate of drug-likeness (QED) is 0.267. The lowest BCUT2D eigenvalue weighted by Gasteiger charge is -2.22. The van der Waals surface area contributed by atoms with Crippen LogP contribution in [-0.2, 0) is 10.5 Å². The average molecular weight is 345 g/mol. The molecule has 0 saturated heterocycles. The fraction of sp³-hybridized carbons (Fsp3) is 0.364. The molecule has 0 spiro atoms. The number of ether oxygens (including phenoxy) is 3. The Morgan fingerprint density at radius 1 is 1.08 bits per heavy atom. The number of primary amides is 1. The van der Waals surface area contributed by atoms with Crippen molar-refractivity contribution in [2.24, 2.45) is 16.3 Å². The van der Waals surface area contributed by atoms with Gasteiger partial charge in [-0.25, -0.2) is 0 Å². The number of rotatable bonds is 7. The highest BCUT2D eigenvalue weighted by molar-refractivity contribution is 5.83. The Hall–Kier alpha value is -3.51. The van der Waals surface area contributed by atoms with E-state index in [-0.39, 0.29) is 17.2 Å². The van der Waals surface area contributed by atoms with Crippen LogP contribution in [0.3, 0.4) is 0 Å². The maximum atomic E-state index is 11.9. The van der Waals surface area contributed by atoms with Crippen LogP contribution < -0.4 is 19.9 Å². The van der Waals surface area contributed by atoms with E-state index in [2.05, 4.69) is 10.6 Å². The molecule has 24 heavy (non-hydrogen) atoms. The topological polar surface area (TPSA) is 188 Å². The van der Waals surface area contributed by atoms with Gasteiger partial charge >= 0.3 is 11.6 Å². The first-order chi connectivity index (χ1) is 11.3. The van der Waals surface area contributed by atoms with Crippen molar-refractivity contribution < 1.29 is 39.1 Å². The van der Waals surface area contributed by atoms with Crippen molar-refractivity contribution in [3.63, 3.8) is 0 Å². The van der Waals surface area contributed by atoms with Crippen molar-refractivity contribution in [1.82, 2.24) is 0 Å². The molecule has 13 nitrogen and oxygen atoms in total. The van der Waals surface area contributed by atoms with Gasteiger partial charge in [-0.3, -0.25) is 4.79 Å². The monoisotopic (exact) mass is 345 g/mol. The van der Waals surface area contributed by atoms with Crippen LogP contribution in [0.4, 0.5) is 0 Å². The minimum absolute atomic E-state index is 0.0462. The summed E-state index contributed by atoms with van der Waals surface area (Å²) in [4.78, 5) is 10.4. The number of hydroxylamine groups is 2. The summed E-state index contributed by atoms with van der Waals surface area (Å²) in [5.41, 5.74) is 1.59. The highest BCUT2D eigenvalue weighted by atomic mass is 16.6. The van der Waals surface area contributed by atoms with E-state index >= 15 is 0 Å². The number of carbonyl (C=O) groups excluding carboxylic acids is 1. The molecular formula is C11H15N5O8. The van der Waals surface area contributed by atoms with Crippen LogP contribution in [0.2, 0.25) is 0 Å². The molecule has 0 aliphatic heterocycles. The predicted molar refractivity (Wildman–Crippen MR) is 72.7 cm³/mol. The number of carbonyl (C=O) groups is 1. The van der Waals surface area contributed by atoms with Crippen LogP contribution in [0.5, 0.6) is 17.2 Å². The molecule has 0 aliphatic carbocycles. The number of nitrogens with zero attached hydrogens (tertiary/aromatic N) is 4. The van der Waals surface area contributed by atoms with E-state index in [4.69, 9.17) is 30.4 Å². The average Bonchev–Trinajstić information content (AvgIpc) is 2.60. The minimum atomic E-state index is -3.07. The Kier molecular flexibility index (Phi) is 5.54. The van der Waals surface area contributed by atoms with Crippen molar-refractivity contribution in [3.05, 3.63) is 28.1 Å². The van der Waals surface area contributed by atoms with Crippen molar-refractivity contribution in [2.75, 3.05) is 21.3 Å². The molecule has 1 aromatic carbocycles. The second kappa shape index (κ2) is 7.17. The molecule has 1 amide bonds. The highest BCUT2D eigenvalue weighted by Crippen LogP contribution is 2.42. The summed E-state index contributed by atoms with van der Waals surface area (Å²) in [6, 6.07) is 2.05. The Bertz CT molecular complexity index is 646. The number of hydrogen-bond acceptors (Lipinski definition) is 8. The maximum Gasteiger partial charge on any atom is 0.529 e. The smallest absolute Gasteiger partial charge is 0.529 e. The lowest BCUT2D eigenvalue weighted by Crippen LogP contribution is -2.54. The van der Waals surface area contributed by atoms with E-state index in [0.29, 0.717) is 0 Å². The highest BCUT2D eigenvalue weighted by Gasteiger charge is 2.63. The van der Waals surface area contributed by atoms with Gasteiger partial charge in [-0.15, -0.1) is 0 Å². The second-order valence-electron chi connectivity index (χ2n) is 4.18. The molecule has 132 valence electrons. The Balaban J connectivity index is 3.94. The fourth-order valence-corrected chi connectivity index (χ4v) is 2.04. The lowest BCUT2D eigenvalue weighted by atomic mass is 9.98. The van der Waals surface area contributed by atoms with Gasteiger partial charge in [-0.1, -0.05) is 0 Å². The van der Waals surface area contributed by atoms with E-state index in [1.807, 2.05) is 0 Å². The molecule has 1 aromatic rings. The molecule has 0 radical (unpaired) electrons. The van der Waals surface area contributed by atoms with Gasteiger partial charge in [0.25, 0.3) is 0 Å². The van der Waals surface area contributed by atoms with Gasteiger partial charge in [0.05, 0.1) is 21.3 Å². The van der Waals surface area contributed by atoms with Crippen molar-refractivity contribution in [1.29, 1.82) is 0 Å². The molecule has 1 rings (SSSR count). The first-order valence-electron chi connectivity index (χ1n) is 6.10. The second-order valence-corrected chi connectivity index (χ2v) is 4.18. The standard InChI is InChI=1S/C11H15N5O8/c1-22-7-4-6(5-8(23-2)9(7)24-3)11(10(12)17,15(20)13-18)16(21)14-19/h4-5,18-19H,1-3H3,(H2,12,17)/b15-13-,16-14-. The van der Waals surface area contributed by atoms with Crippen LogP contribution in [0.25, 0.3) is 0 Å². The molecule has 0 aliphatic rings. The zero-order valence-corrected chi connectivity index (χ0v) is 12.9. The summed E-state index contributed by atoms with van der Waals surface area (Å²) in [5, 5.41) is 45.7. The van der Waals surface area contributed by atoms with Gasteiger partial charge in [0.2, 0.25) is 16.3 Å². The number of amides is 1. The van der Waals surface area contributed by atoms with Gasteiger partial charge in [0.1, 0.15) is 5.56 Å². The largest absolute Gasteiger partial charge is 0.591 e. The van der Waals surface area contributed by atoms with E-state index in [1.165, 1.54) is 21.3 Å². The SMILES string of the molecule is COc1cc(C(C(N)=O)(/[N+]([O-])=N/O)/[N+]([O-])=N/O)cc(OC)c1OC. The summed E-state index contributed by atoms with van der Waals surface area (Å²) in [6.45, 7) is 0. The van der Waals surface area contributed by atoms with Crippen LogP contribution in [0.15, 0.2) is 22.7 Å².